The van der Waals surface area contributed by atoms with E-state index in [2.05, 4.69) is 4.90 Å². The Bertz CT molecular complexity index is 1400. The molecule has 1 amide bonds. The number of carbonyl (C=O) groups is 1. The summed E-state index contributed by atoms with van der Waals surface area (Å²) in [5.41, 5.74) is 10.1. The van der Waals surface area contributed by atoms with Crippen LogP contribution in [0.25, 0.3) is 0 Å². The van der Waals surface area contributed by atoms with Crippen molar-refractivity contribution in [3.8, 4) is 0 Å². The molecule has 204 valence electrons. The molecule has 0 unspecified atom stereocenters. The summed E-state index contributed by atoms with van der Waals surface area (Å²) in [5, 5.41) is 0. The Morgan fingerprint density at radius 2 is 1.39 bits per heavy atom. The fraction of sp³-hybridized carbons (Fsp3) is 0.346. The van der Waals surface area contributed by atoms with Crippen LogP contribution in [-0.2, 0) is 9.13 Å². The summed E-state index contributed by atoms with van der Waals surface area (Å²) in [6.07, 6.45) is 6.66. The lowest BCUT2D eigenvalue weighted by atomic mass is 9.78. The highest BCUT2D eigenvalue weighted by Crippen LogP contribution is 2.54. The third-order valence-electron chi connectivity index (χ3n) is 7.26. The average molecular weight is 579 g/mol. The number of nitrogens with zero attached hydrogens (tertiary/aromatic N) is 1. The number of hydrogen-bond donors (Lipinski definition) is 5. The van der Waals surface area contributed by atoms with Gasteiger partial charge in [0.05, 0.1) is 35.3 Å². The highest BCUT2D eigenvalue weighted by molar-refractivity contribution is 8.00. The van der Waals surface area contributed by atoms with Crippen molar-refractivity contribution in [1.29, 1.82) is 0 Å². The molecule has 38 heavy (non-hydrogen) atoms. The van der Waals surface area contributed by atoms with E-state index in [0.29, 0.717) is 5.56 Å². The highest BCUT2D eigenvalue weighted by Gasteiger charge is 2.36. The summed E-state index contributed by atoms with van der Waals surface area (Å²) < 4.78 is 23.2. The molecule has 1 aliphatic heterocycles. The molecule has 2 aromatic carbocycles. The van der Waals surface area contributed by atoms with Crippen LogP contribution in [0.3, 0.4) is 0 Å². The van der Waals surface area contributed by atoms with Gasteiger partial charge in [-0.3, -0.25) is 13.9 Å². The van der Waals surface area contributed by atoms with Crippen LogP contribution in [0.5, 0.6) is 0 Å². The Kier molecular flexibility index (Phi) is 7.92. The van der Waals surface area contributed by atoms with E-state index in [1.54, 1.807) is 12.2 Å². The molecule has 2 aliphatic rings. The minimum atomic E-state index is -4.32. The fourth-order valence-corrected chi connectivity index (χ4v) is 7.79. The Morgan fingerprint density at radius 3 is 1.89 bits per heavy atom. The molecule has 0 fully saturated rings. The molecule has 6 N–H and O–H groups in total. The number of anilines is 2. The van der Waals surface area contributed by atoms with E-state index in [-0.39, 0.29) is 18.9 Å². The van der Waals surface area contributed by atoms with Gasteiger partial charge >= 0.3 is 15.2 Å². The van der Waals surface area contributed by atoms with Gasteiger partial charge in [0, 0.05) is 15.2 Å². The molecule has 1 aliphatic carbocycles. The smallest absolute Gasteiger partial charge is 0.325 e. The number of allylic oxidation sites excluding steroid dienone is 2. The molecule has 0 saturated carbocycles. The van der Waals surface area contributed by atoms with Crippen LogP contribution in [0.1, 0.15) is 39.9 Å². The van der Waals surface area contributed by atoms with E-state index in [1.165, 1.54) is 11.8 Å². The SMILES string of the molecule is Cc1ccc2c(c1C)Sc1c(ccc(C)c1C(N)=O)N2C1C=CC(CCP(=O)(O)O)(CCP(=O)(O)O)C=C1. The number of rotatable bonds is 8. The minimum absolute atomic E-state index is 0.0450. The topological polar surface area (TPSA) is 161 Å². The van der Waals surface area contributed by atoms with Gasteiger partial charge in [0.2, 0.25) is 5.91 Å². The standard InChI is InChI=1S/C26H32N2O7P2S/c1-16-4-6-20-23(18(16)3)38-24-21(7-5-17(2)22(24)25(27)29)28(20)19-8-10-26(11-9-19,12-14-36(30,31)32)13-15-37(33,34)35/h4-11,19H,12-15H2,1-3H3,(H2,27,29)(H2,30,31,32)(H2,33,34,35). The van der Waals surface area contributed by atoms with Crippen molar-refractivity contribution >= 4 is 44.2 Å². The number of amides is 1. The first-order valence-corrected chi connectivity index (χ1v) is 16.5. The van der Waals surface area contributed by atoms with Gasteiger partial charge in [-0.15, -0.1) is 0 Å². The summed E-state index contributed by atoms with van der Waals surface area (Å²) in [6, 6.07) is 7.56. The highest BCUT2D eigenvalue weighted by atomic mass is 32.2. The van der Waals surface area contributed by atoms with Gasteiger partial charge in [-0.25, -0.2) is 0 Å². The second-order valence-electron chi connectivity index (χ2n) is 10.0. The fourth-order valence-electron chi connectivity index (χ4n) is 4.95. The quantitative estimate of drug-likeness (QED) is 0.216. The number of fused-ring (bicyclic) bond motifs is 2. The third kappa shape index (κ3) is 6.02. The van der Waals surface area contributed by atoms with Gasteiger partial charge in [-0.05, 0) is 62.4 Å². The van der Waals surface area contributed by atoms with Crippen molar-refractivity contribution in [3.63, 3.8) is 0 Å². The molecule has 0 radical (unpaired) electrons. The Morgan fingerprint density at radius 1 is 0.895 bits per heavy atom. The van der Waals surface area contributed by atoms with E-state index in [0.717, 1.165) is 37.9 Å². The molecule has 9 nitrogen and oxygen atoms in total. The minimum Gasteiger partial charge on any atom is -0.366 e. The maximum atomic E-state index is 12.5. The summed E-state index contributed by atoms with van der Waals surface area (Å²) in [4.78, 5) is 54.2. The largest absolute Gasteiger partial charge is 0.366 e. The van der Waals surface area contributed by atoms with Crippen molar-refractivity contribution in [2.24, 2.45) is 11.1 Å². The first-order valence-electron chi connectivity index (χ1n) is 12.1. The summed E-state index contributed by atoms with van der Waals surface area (Å²) in [6.45, 7) is 5.91. The Hall–Kier alpha value is -2.16. The molecule has 0 spiro atoms. The van der Waals surface area contributed by atoms with Crippen molar-refractivity contribution in [3.05, 3.63) is 70.8 Å². The normalized spacial score (nSPS) is 16.9. The molecule has 0 saturated heterocycles. The van der Waals surface area contributed by atoms with E-state index in [1.807, 2.05) is 57.2 Å². The van der Waals surface area contributed by atoms with Crippen molar-refractivity contribution in [1.82, 2.24) is 0 Å². The summed E-state index contributed by atoms with van der Waals surface area (Å²) in [7, 11) is -8.63. The lowest BCUT2D eigenvalue weighted by Crippen LogP contribution is -2.34. The maximum absolute atomic E-state index is 12.5. The van der Waals surface area contributed by atoms with Crippen LogP contribution in [0.2, 0.25) is 0 Å². The predicted molar refractivity (Wildman–Crippen MR) is 149 cm³/mol. The zero-order chi connectivity index (χ0) is 28.0. The van der Waals surface area contributed by atoms with E-state index >= 15 is 0 Å². The monoisotopic (exact) mass is 578 g/mol. The zero-order valence-corrected chi connectivity index (χ0v) is 24.0. The number of primary amides is 1. The first-order chi connectivity index (χ1) is 17.6. The molecule has 12 heteroatoms. The lowest BCUT2D eigenvalue weighted by Gasteiger charge is -2.41. The second-order valence-corrected chi connectivity index (χ2v) is 14.6. The Labute approximate surface area is 226 Å². The van der Waals surface area contributed by atoms with Gasteiger partial charge in [-0.2, -0.15) is 0 Å². The number of hydrogen-bond acceptors (Lipinski definition) is 5. The second kappa shape index (κ2) is 10.4. The predicted octanol–water partition coefficient (Wildman–Crippen LogP) is 4.93. The average Bonchev–Trinajstić information content (AvgIpc) is 2.82. The van der Waals surface area contributed by atoms with E-state index in [4.69, 9.17) is 5.73 Å². The van der Waals surface area contributed by atoms with Crippen LogP contribution in [-0.4, -0.2) is 43.8 Å². The van der Waals surface area contributed by atoms with Crippen LogP contribution < -0.4 is 10.6 Å². The molecule has 4 rings (SSSR count). The van der Waals surface area contributed by atoms with E-state index in [9.17, 15) is 33.5 Å². The molecule has 2 aromatic rings. The Balaban J connectivity index is 1.80. The number of nitrogens with two attached hydrogens (primary N) is 1. The molecule has 0 atom stereocenters. The molecule has 0 bridgehead atoms. The molecule has 0 aromatic heterocycles. The van der Waals surface area contributed by atoms with Crippen molar-refractivity contribution in [2.75, 3.05) is 17.2 Å². The van der Waals surface area contributed by atoms with E-state index < -0.39 is 38.8 Å². The van der Waals surface area contributed by atoms with Gasteiger partial charge < -0.3 is 30.2 Å². The van der Waals surface area contributed by atoms with Gasteiger partial charge in [0.1, 0.15) is 0 Å². The van der Waals surface area contributed by atoms with Gasteiger partial charge in [-0.1, -0.05) is 48.2 Å². The number of aryl methyl sites for hydroxylation is 2. The van der Waals surface area contributed by atoms with Gasteiger partial charge in [0.15, 0.2) is 0 Å². The number of carbonyl (C=O) groups excluding carboxylic acids is 1. The summed E-state index contributed by atoms with van der Waals surface area (Å²) in [5.74, 6) is -0.510. The van der Waals surface area contributed by atoms with Crippen LogP contribution in [0, 0.1) is 26.2 Å². The van der Waals surface area contributed by atoms with Crippen molar-refractivity contribution in [2.45, 2.75) is 49.4 Å². The summed E-state index contributed by atoms with van der Waals surface area (Å²) >= 11 is 1.52. The zero-order valence-electron chi connectivity index (χ0n) is 21.4. The van der Waals surface area contributed by atoms with Crippen molar-refractivity contribution < 1.29 is 33.5 Å². The maximum Gasteiger partial charge on any atom is 0.325 e. The van der Waals surface area contributed by atoms with Gasteiger partial charge in [0.25, 0.3) is 0 Å². The van der Waals surface area contributed by atoms with Crippen LogP contribution >= 0.6 is 27.0 Å². The van der Waals surface area contributed by atoms with Crippen LogP contribution in [0.4, 0.5) is 11.4 Å². The third-order valence-corrected chi connectivity index (χ3v) is 10.2. The van der Waals surface area contributed by atoms with Crippen LogP contribution in [0.15, 0.2) is 58.4 Å². The molecule has 1 heterocycles. The first kappa shape index (κ1) is 28.8. The molecular weight excluding hydrogens is 546 g/mol. The molecular formula is C26H32N2O7P2S. The lowest BCUT2D eigenvalue weighted by molar-refractivity contribution is 0.0997. The number of benzene rings is 2.